The summed E-state index contributed by atoms with van der Waals surface area (Å²) in [7, 11) is 0. The lowest BCUT2D eigenvalue weighted by Gasteiger charge is -2.21. The Kier molecular flexibility index (Phi) is 3.09. The van der Waals surface area contributed by atoms with Crippen molar-refractivity contribution in [1.82, 2.24) is 5.32 Å². The van der Waals surface area contributed by atoms with Gasteiger partial charge in [-0.3, -0.25) is 0 Å². The van der Waals surface area contributed by atoms with Crippen LogP contribution in [-0.2, 0) is 0 Å². The Balaban J connectivity index is 1.88. The van der Waals surface area contributed by atoms with Crippen LogP contribution >= 0.6 is 0 Å². The maximum absolute atomic E-state index is 3.75. The lowest BCUT2D eigenvalue weighted by molar-refractivity contribution is 0.443. The molecule has 1 fully saturated rings. The molecular formula is C17H21N. The van der Waals surface area contributed by atoms with Crippen LogP contribution in [-0.4, -0.2) is 6.04 Å². The van der Waals surface area contributed by atoms with Gasteiger partial charge in [-0.1, -0.05) is 42.5 Å². The van der Waals surface area contributed by atoms with Gasteiger partial charge >= 0.3 is 0 Å². The molecule has 0 amide bonds. The monoisotopic (exact) mass is 239 g/mol. The molecule has 1 N–H and O–H groups in total. The van der Waals surface area contributed by atoms with E-state index in [4.69, 9.17) is 0 Å². The Morgan fingerprint density at radius 3 is 2.50 bits per heavy atom. The van der Waals surface area contributed by atoms with E-state index in [0.29, 0.717) is 12.1 Å². The molecule has 1 heteroatoms. The third-order valence-electron chi connectivity index (χ3n) is 4.13. The van der Waals surface area contributed by atoms with Crippen LogP contribution in [0.5, 0.6) is 0 Å². The van der Waals surface area contributed by atoms with Crippen molar-refractivity contribution in [1.29, 1.82) is 0 Å². The van der Waals surface area contributed by atoms with Gasteiger partial charge in [0.05, 0.1) is 0 Å². The molecule has 2 aromatic rings. The van der Waals surface area contributed by atoms with Crippen molar-refractivity contribution in [2.75, 3.05) is 0 Å². The predicted octanol–water partition coefficient (Wildman–Crippen LogP) is 4.29. The molecule has 0 aromatic heterocycles. The minimum absolute atomic E-state index is 0.423. The van der Waals surface area contributed by atoms with Crippen LogP contribution in [0.4, 0.5) is 0 Å². The van der Waals surface area contributed by atoms with Crippen LogP contribution in [0.15, 0.2) is 42.5 Å². The second kappa shape index (κ2) is 4.74. The highest BCUT2D eigenvalue weighted by Gasteiger charge is 2.28. The highest BCUT2D eigenvalue weighted by molar-refractivity contribution is 5.86. The standard InChI is InChI=1S/C17H21N/c1-12(14-10-11-14)18-13(2)16-9-5-7-15-6-3-4-8-17(15)16/h3-9,12-14,18H,10-11H2,1-2H3. The first-order valence-electron chi connectivity index (χ1n) is 6.99. The van der Waals surface area contributed by atoms with Gasteiger partial charge in [0.15, 0.2) is 0 Å². The third kappa shape index (κ3) is 2.28. The van der Waals surface area contributed by atoms with Crippen LogP contribution in [0.3, 0.4) is 0 Å². The zero-order valence-corrected chi connectivity index (χ0v) is 11.2. The van der Waals surface area contributed by atoms with Crippen LogP contribution in [0, 0.1) is 5.92 Å². The fourth-order valence-electron chi connectivity index (χ4n) is 2.84. The van der Waals surface area contributed by atoms with E-state index in [2.05, 4.69) is 61.6 Å². The molecule has 1 nitrogen and oxygen atoms in total. The highest BCUT2D eigenvalue weighted by atomic mass is 15.0. The van der Waals surface area contributed by atoms with Gasteiger partial charge in [-0.15, -0.1) is 0 Å². The Labute approximate surface area is 109 Å². The van der Waals surface area contributed by atoms with E-state index in [9.17, 15) is 0 Å². The lowest BCUT2D eigenvalue weighted by Crippen LogP contribution is -2.30. The molecule has 2 aromatic carbocycles. The summed E-state index contributed by atoms with van der Waals surface area (Å²) in [6, 6.07) is 16.3. The summed E-state index contributed by atoms with van der Waals surface area (Å²) >= 11 is 0. The largest absolute Gasteiger partial charge is 0.307 e. The van der Waals surface area contributed by atoms with Crippen molar-refractivity contribution >= 4 is 10.8 Å². The van der Waals surface area contributed by atoms with E-state index in [1.807, 2.05) is 0 Å². The summed E-state index contributed by atoms with van der Waals surface area (Å²) in [5, 5.41) is 6.46. The van der Waals surface area contributed by atoms with Crippen molar-refractivity contribution in [2.24, 2.45) is 5.92 Å². The molecule has 2 atom stereocenters. The molecule has 0 heterocycles. The summed E-state index contributed by atoms with van der Waals surface area (Å²) < 4.78 is 0. The molecular weight excluding hydrogens is 218 g/mol. The SMILES string of the molecule is CC(NC(C)C1CC1)c1cccc2ccccc12. The fraction of sp³-hybridized carbons (Fsp3) is 0.412. The predicted molar refractivity (Wildman–Crippen MR) is 77.7 cm³/mol. The minimum atomic E-state index is 0.423. The Morgan fingerprint density at radius 2 is 1.72 bits per heavy atom. The number of fused-ring (bicyclic) bond motifs is 1. The van der Waals surface area contributed by atoms with E-state index in [-0.39, 0.29) is 0 Å². The number of rotatable bonds is 4. The normalized spacial score (nSPS) is 18.8. The first kappa shape index (κ1) is 11.7. The van der Waals surface area contributed by atoms with E-state index in [1.165, 1.54) is 29.2 Å². The summed E-state index contributed by atoms with van der Waals surface area (Å²) in [4.78, 5) is 0. The number of hydrogen-bond donors (Lipinski definition) is 1. The third-order valence-corrected chi connectivity index (χ3v) is 4.13. The fourth-order valence-corrected chi connectivity index (χ4v) is 2.84. The lowest BCUT2D eigenvalue weighted by atomic mass is 9.99. The van der Waals surface area contributed by atoms with Crippen molar-refractivity contribution in [3.05, 3.63) is 48.0 Å². The molecule has 18 heavy (non-hydrogen) atoms. The molecule has 1 aliphatic rings. The van der Waals surface area contributed by atoms with Gasteiger partial charge in [-0.2, -0.15) is 0 Å². The van der Waals surface area contributed by atoms with Crippen LogP contribution in [0.2, 0.25) is 0 Å². The average molecular weight is 239 g/mol. The molecule has 0 bridgehead atoms. The topological polar surface area (TPSA) is 12.0 Å². The number of benzene rings is 2. The second-order valence-electron chi connectivity index (χ2n) is 5.58. The first-order valence-corrected chi connectivity index (χ1v) is 6.99. The molecule has 0 radical (unpaired) electrons. The van der Waals surface area contributed by atoms with E-state index in [1.54, 1.807) is 0 Å². The molecule has 1 saturated carbocycles. The van der Waals surface area contributed by atoms with Crippen LogP contribution in [0.25, 0.3) is 10.8 Å². The van der Waals surface area contributed by atoms with Gasteiger partial charge in [-0.05, 0) is 48.9 Å². The maximum Gasteiger partial charge on any atom is 0.0300 e. The molecule has 3 rings (SSSR count). The quantitative estimate of drug-likeness (QED) is 0.839. The van der Waals surface area contributed by atoms with E-state index in [0.717, 1.165) is 5.92 Å². The Morgan fingerprint density at radius 1 is 1.00 bits per heavy atom. The average Bonchev–Trinajstić information content (AvgIpc) is 3.22. The summed E-state index contributed by atoms with van der Waals surface area (Å²) in [6.45, 7) is 4.60. The van der Waals surface area contributed by atoms with Gasteiger partial charge in [0.1, 0.15) is 0 Å². The number of hydrogen-bond acceptors (Lipinski definition) is 1. The van der Waals surface area contributed by atoms with Crippen molar-refractivity contribution in [3.63, 3.8) is 0 Å². The molecule has 1 aliphatic carbocycles. The number of nitrogens with one attached hydrogen (secondary N) is 1. The highest BCUT2D eigenvalue weighted by Crippen LogP contribution is 2.34. The van der Waals surface area contributed by atoms with E-state index < -0.39 is 0 Å². The van der Waals surface area contributed by atoms with Gasteiger partial charge < -0.3 is 5.32 Å². The second-order valence-corrected chi connectivity index (χ2v) is 5.58. The van der Waals surface area contributed by atoms with E-state index >= 15 is 0 Å². The molecule has 0 saturated heterocycles. The first-order chi connectivity index (χ1) is 8.75. The van der Waals surface area contributed by atoms with Gasteiger partial charge in [0, 0.05) is 12.1 Å². The zero-order chi connectivity index (χ0) is 12.5. The summed E-state index contributed by atoms with van der Waals surface area (Å²) in [5.41, 5.74) is 1.42. The van der Waals surface area contributed by atoms with Crippen molar-refractivity contribution < 1.29 is 0 Å². The smallest absolute Gasteiger partial charge is 0.0300 e. The van der Waals surface area contributed by atoms with Crippen molar-refractivity contribution in [3.8, 4) is 0 Å². The minimum Gasteiger partial charge on any atom is -0.307 e. The summed E-state index contributed by atoms with van der Waals surface area (Å²) in [5.74, 6) is 0.905. The van der Waals surface area contributed by atoms with Gasteiger partial charge in [-0.25, -0.2) is 0 Å². The van der Waals surface area contributed by atoms with Crippen molar-refractivity contribution in [2.45, 2.75) is 38.8 Å². The summed E-state index contributed by atoms with van der Waals surface area (Å²) in [6.07, 6.45) is 2.80. The van der Waals surface area contributed by atoms with Crippen LogP contribution in [0.1, 0.15) is 38.3 Å². The Hall–Kier alpha value is -1.34. The molecule has 0 spiro atoms. The zero-order valence-electron chi connectivity index (χ0n) is 11.2. The van der Waals surface area contributed by atoms with Gasteiger partial charge in [0.2, 0.25) is 0 Å². The molecule has 2 unspecified atom stereocenters. The Bertz CT molecular complexity index is 537. The molecule has 94 valence electrons. The molecule has 0 aliphatic heterocycles. The van der Waals surface area contributed by atoms with Gasteiger partial charge in [0.25, 0.3) is 0 Å². The van der Waals surface area contributed by atoms with Crippen LogP contribution < -0.4 is 5.32 Å². The maximum atomic E-state index is 3.75.